The van der Waals surface area contributed by atoms with Gasteiger partial charge in [-0.2, -0.15) is 0 Å². The van der Waals surface area contributed by atoms with Gasteiger partial charge in [0.25, 0.3) is 0 Å². The lowest BCUT2D eigenvalue weighted by Gasteiger charge is -2.39. The van der Waals surface area contributed by atoms with Gasteiger partial charge < -0.3 is 5.11 Å². The van der Waals surface area contributed by atoms with Crippen molar-refractivity contribution in [1.82, 2.24) is 0 Å². The molecule has 0 fully saturated rings. The SMILES string of the molecule is C=C(C)[C@H]1CC=C(C)[C@](O)(C#C[Si](C)(C)C(C)(C)C)[C@@H]1Cl. The zero-order chi connectivity index (χ0) is 16.6. The first-order valence-corrected chi connectivity index (χ1v) is 11.0. The van der Waals surface area contributed by atoms with E-state index in [0.29, 0.717) is 0 Å². The van der Waals surface area contributed by atoms with Gasteiger partial charge in [0.2, 0.25) is 0 Å². The van der Waals surface area contributed by atoms with Gasteiger partial charge in [-0.15, -0.1) is 17.1 Å². The Bertz CT molecular complexity index is 516. The van der Waals surface area contributed by atoms with Crippen molar-refractivity contribution >= 4 is 19.7 Å². The van der Waals surface area contributed by atoms with Crippen LogP contribution in [0.2, 0.25) is 18.1 Å². The van der Waals surface area contributed by atoms with Crippen LogP contribution in [0.15, 0.2) is 23.8 Å². The largest absolute Gasteiger partial charge is 0.372 e. The molecule has 1 N–H and O–H groups in total. The van der Waals surface area contributed by atoms with Gasteiger partial charge in [0.15, 0.2) is 5.60 Å². The van der Waals surface area contributed by atoms with Crippen LogP contribution in [0.3, 0.4) is 0 Å². The molecular weight excluding hydrogens is 296 g/mol. The van der Waals surface area contributed by atoms with Gasteiger partial charge in [0.05, 0.1) is 5.38 Å². The van der Waals surface area contributed by atoms with E-state index >= 15 is 0 Å². The molecule has 0 saturated heterocycles. The van der Waals surface area contributed by atoms with Gasteiger partial charge >= 0.3 is 0 Å². The minimum absolute atomic E-state index is 0.0779. The zero-order valence-corrected chi connectivity index (χ0v) is 16.2. The monoisotopic (exact) mass is 324 g/mol. The summed E-state index contributed by atoms with van der Waals surface area (Å²) in [5.74, 6) is 3.23. The van der Waals surface area contributed by atoms with E-state index in [0.717, 1.165) is 17.6 Å². The number of aliphatic hydroxyl groups is 1. The Morgan fingerprint density at radius 1 is 1.48 bits per heavy atom. The van der Waals surface area contributed by atoms with Crippen molar-refractivity contribution < 1.29 is 5.11 Å². The van der Waals surface area contributed by atoms with Gasteiger partial charge in [-0.05, 0) is 30.9 Å². The summed E-state index contributed by atoms with van der Waals surface area (Å²) in [5.41, 5.74) is 4.05. The molecule has 0 spiro atoms. The third-order valence-corrected chi connectivity index (χ3v) is 10.2. The summed E-state index contributed by atoms with van der Waals surface area (Å²) in [6, 6.07) is 0. The predicted octanol–water partition coefficient (Wildman–Crippen LogP) is 4.92. The molecule has 0 aromatic rings. The number of halogens is 1. The summed E-state index contributed by atoms with van der Waals surface area (Å²) in [7, 11) is -1.77. The minimum atomic E-state index is -1.77. The minimum Gasteiger partial charge on any atom is -0.372 e. The van der Waals surface area contributed by atoms with Crippen LogP contribution in [-0.4, -0.2) is 24.2 Å². The standard InChI is InChI=1S/C18H29ClOSi/c1-13(2)15-10-9-14(3)18(20,16(15)19)11-12-21(7,8)17(4,5)6/h9,15-16,20H,1,10H2,2-8H3/t15-,16-,18-/m1/s1. The maximum absolute atomic E-state index is 11.1. The molecule has 0 aliphatic heterocycles. The molecule has 0 saturated carbocycles. The van der Waals surface area contributed by atoms with E-state index in [1.165, 1.54) is 0 Å². The molecule has 0 unspecified atom stereocenters. The summed E-state index contributed by atoms with van der Waals surface area (Å²) in [6.07, 6.45) is 2.89. The first-order valence-electron chi connectivity index (χ1n) is 7.56. The van der Waals surface area contributed by atoms with Crippen LogP contribution in [0, 0.1) is 17.4 Å². The van der Waals surface area contributed by atoms with Crippen molar-refractivity contribution in [3.63, 3.8) is 0 Å². The van der Waals surface area contributed by atoms with E-state index in [4.69, 9.17) is 11.6 Å². The van der Waals surface area contributed by atoms with Crippen LogP contribution in [0.4, 0.5) is 0 Å². The second-order valence-electron chi connectivity index (χ2n) is 7.87. The summed E-state index contributed by atoms with van der Waals surface area (Å²) in [5, 5.41) is 10.8. The summed E-state index contributed by atoms with van der Waals surface area (Å²) >= 11 is 6.58. The molecule has 3 atom stereocenters. The Morgan fingerprint density at radius 2 is 2.00 bits per heavy atom. The lowest BCUT2D eigenvalue weighted by molar-refractivity contribution is 0.112. The highest BCUT2D eigenvalue weighted by atomic mass is 35.5. The maximum atomic E-state index is 11.1. The lowest BCUT2D eigenvalue weighted by Crippen LogP contribution is -2.47. The maximum Gasteiger partial charge on any atom is 0.162 e. The molecule has 0 bridgehead atoms. The van der Waals surface area contributed by atoms with Gasteiger partial charge in [-0.1, -0.05) is 58.0 Å². The van der Waals surface area contributed by atoms with Crippen molar-refractivity contribution in [3.8, 4) is 11.5 Å². The highest BCUT2D eigenvalue weighted by Crippen LogP contribution is 2.40. The van der Waals surface area contributed by atoms with Crippen molar-refractivity contribution in [2.24, 2.45) is 5.92 Å². The van der Waals surface area contributed by atoms with E-state index < -0.39 is 19.1 Å². The third-order valence-electron chi connectivity index (χ3n) is 5.11. The second kappa shape index (κ2) is 5.95. The molecule has 0 aromatic heterocycles. The molecular formula is C18H29ClOSi. The van der Waals surface area contributed by atoms with Crippen LogP contribution in [0.1, 0.15) is 41.0 Å². The normalized spacial score (nSPS) is 30.2. The van der Waals surface area contributed by atoms with E-state index in [1.807, 2.05) is 13.8 Å². The van der Waals surface area contributed by atoms with Crippen LogP contribution in [-0.2, 0) is 0 Å². The second-order valence-corrected chi connectivity index (χ2v) is 13.3. The Hall–Kier alpha value is -0.493. The van der Waals surface area contributed by atoms with E-state index in [-0.39, 0.29) is 11.0 Å². The topological polar surface area (TPSA) is 20.2 Å². The van der Waals surface area contributed by atoms with Gasteiger partial charge in [0.1, 0.15) is 8.07 Å². The van der Waals surface area contributed by atoms with Crippen molar-refractivity contribution in [3.05, 3.63) is 23.8 Å². The van der Waals surface area contributed by atoms with Crippen LogP contribution in [0.25, 0.3) is 0 Å². The predicted molar refractivity (Wildman–Crippen MR) is 96.2 cm³/mol. The molecule has 0 aromatic carbocycles. The third kappa shape index (κ3) is 3.64. The summed E-state index contributed by atoms with van der Waals surface area (Å²) in [4.78, 5) is 0. The van der Waals surface area contributed by atoms with Crippen LogP contribution >= 0.6 is 11.6 Å². The molecule has 3 heteroatoms. The molecule has 21 heavy (non-hydrogen) atoms. The Morgan fingerprint density at radius 3 is 2.43 bits per heavy atom. The average molecular weight is 325 g/mol. The van der Waals surface area contributed by atoms with Crippen LogP contribution < -0.4 is 0 Å². The van der Waals surface area contributed by atoms with E-state index in [1.54, 1.807) is 0 Å². The van der Waals surface area contributed by atoms with Crippen molar-refractivity contribution in [1.29, 1.82) is 0 Å². The van der Waals surface area contributed by atoms with Gasteiger partial charge in [-0.25, -0.2) is 0 Å². The molecule has 0 heterocycles. The molecule has 1 aliphatic carbocycles. The molecule has 0 radical (unpaired) electrons. The fourth-order valence-corrected chi connectivity index (χ4v) is 3.57. The zero-order valence-electron chi connectivity index (χ0n) is 14.5. The molecule has 1 nitrogen and oxygen atoms in total. The fourth-order valence-electron chi connectivity index (χ4n) is 2.15. The molecule has 0 amide bonds. The quantitative estimate of drug-likeness (QED) is 0.314. The highest BCUT2D eigenvalue weighted by Gasteiger charge is 2.44. The van der Waals surface area contributed by atoms with Crippen molar-refractivity contribution in [2.45, 2.75) is 70.1 Å². The van der Waals surface area contributed by atoms with E-state index in [9.17, 15) is 5.11 Å². The van der Waals surface area contributed by atoms with Crippen molar-refractivity contribution in [2.75, 3.05) is 0 Å². The first-order chi connectivity index (χ1) is 9.33. The number of allylic oxidation sites excluding steroid dienone is 2. The summed E-state index contributed by atoms with van der Waals surface area (Å²) in [6.45, 7) is 19.0. The highest BCUT2D eigenvalue weighted by molar-refractivity contribution is 6.87. The van der Waals surface area contributed by atoms with Gasteiger partial charge in [-0.3, -0.25) is 0 Å². The molecule has 1 rings (SSSR count). The number of hydrogen-bond acceptors (Lipinski definition) is 1. The first kappa shape index (κ1) is 18.6. The summed E-state index contributed by atoms with van der Waals surface area (Å²) < 4.78 is 0. The Labute approximate surface area is 136 Å². The fraction of sp³-hybridized carbons (Fsp3) is 0.667. The lowest BCUT2D eigenvalue weighted by atomic mass is 9.76. The molecule has 1 aliphatic rings. The van der Waals surface area contributed by atoms with Crippen LogP contribution in [0.5, 0.6) is 0 Å². The van der Waals surface area contributed by atoms with E-state index in [2.05, 4.69) is 58.0 Å². The Balaban J connectivity index is 3.25. The average Bonchev–Trinajstić information content (AvgIpc) is 2.32. The number of rotatable bonds is 1. The number of hydrogen-bond donors (Lipinski definition) is 1. The van der Waals surface area contributed by atoms with Gasteiger partial charge in [0, 0.05) is 5.92 Å². The Kier molecular flexibility index (Phi) is 5.26. The smallest absolute Gasteiger partial charge is 0.162 e. The molecule has 118 valence electrons. The number of alkyl halides is 1.